The number of fused-ring (bicyclic) bond motifs is 1. The average Bonchev–Trinajstić information content (AvgIpc) is 3.37. The predicted molar refractivity (Wildman–Crippen MR) is 156 cm³/mol. The van der Waals surface area contributed by atoms with E-state index < -0.39 is 5.97 Å². The molecule has 0 bridgehead atoms. The molecule has 224 valence electrons. The van der Waals surface area contributed by atoms with Crippen LogP contribution in [0.4, 0.5) is 0 Å². The smallest absolute Gasteiger partial charge is 0.307 e. The normalized spacial score (nSPS) is 14.6. The molecule has 1 fully saturated rings. The first-order chi connectivity index (χ1) is 20.1. The van der Waals surface area contributed by atoms with Crippen LogP contribution in [0.25, 0.3) is 16.6 Å². The molecule has 1 aromatic carbocycles. The zero-order valence-corrected chi connectivity index (χ0v) is 24.4. The lowest BCUT2D eigenvalue weighted by molar-refractivity contribution is -0.136. The molecule has 4 rings (SSSR count). The molecule has 0 atom stereocenters. The first-order valence-corrected chi connectivity index (χ1v) is 14.7. The number of benzene rings is 1. The number of carboxylic acid groups (broad SMARTS) is 1. The van der Waals surface area contributed by atoms with Crippen LogP contribution in [0, 0.1) is 0 Å². The van der Waals surface area contributed by atoms with Crippen molar-refractivity contribution in [1.29, 1.82) is 0 Å². The number of rotatable bonds is 18. The van der Waals surface area contributed by atoms with Crippen molar-refractivity contribution in [3.05, 3.63) is 48.3 Å². The predicted octanol–water partition coefficient (Wildman–Crippen LogP) is 3.13. The van der Waals surface area contributed by atoms with E-state index in [0.29, 0.717) is 58.4 Å². The van der Waals surface area contributed by atoms with Crippen LogP contribution in [0.3, 0.4) is 0 Å². The van der Waals surface area contributed by atoms with E-state index in [0.717, 1.165) is 53.2 Å². The fourth-order valence-electron chi connectivity index (χ4n) is 4.66. The maximum absolute atomic E-state index is 11.3. The van der Waals surface area contributed by atoms with Crippen molar-refractivity contribution < 1.29 is 33.6 Å². The highest BCUT2D eigenvalue weighted by molar-refractivity contribution is 7.97. The van der Waals surface area contributed by atoms with Gasteiger partial charge in [0.1, 0.15) is 5.75 Å². The maximum atomic E-state index is 11.3. The van der Waals surface area contributed by atoms with Crippen molar-refractivity contribution in [2.24, 2.45) is 5.73 Å². The highest BCUT2D eigenvalue weighted by Gasteiger charge is 2.23. The molecule has 0 aliphatic carbocycles. The molecule has 3 N–H and O–H groups in total. The first-order valence-electron chi connectivity index (χ1n) is 13.9. The Hall–Kier alpha value is -2.71. The number of methoxy groups -OCH3 is 1. The molecule has 3 aromatic rings. The van der Waals surface area contributed by atoms with Crippen LogP contribution in [0.1, 0.15) is 18.4 Å². The molecule has 3 heterocycles. The highest BCUT2D eigenvalue weighted by Crippen LogP contribution is 2.41. The number of aromatic nitrogens is 2. The number of nitrogens with two attached hydrogens (primary N) is 1. The summed E-state index contributed by atoms with van der Waals surface area (Å²) in [6.45, 7) is 6.15. The van der Waals surface area contributed by atoms with Crippen LogP contribution < -0.4 is 10.5 Å². The number of hydrogen-bond donors (Lipinski definition) is 2. The Balaban J connectivity index is 1.25. The molecule has 0 spiro atoms. The van der Waals surface area contributed by atoms with Crippen LogP contribution >= 0.6 is 11.9 Å². The number of nitrogens with zero attached hydrogens (tertiary/aromatic N) is 3. The summed E-state index contributed by atoms with van der Waals surface area (Å²) in [6.07, 6.45) is 5.49. The topological polar surface area (TPSA) is 130 Å². The third kappa shape index (κ3) is 9.40. The third-order valence-corrected chi connectivity index (χ3v) is 7.82. The lowest BCUT2D eigenvalue weighted by Crippen LogP contribution is -2.33. The maximum Gasteiger partial charge on any atom is 0.307 e. The lowest BCUT2D eigenvalue weighted by atomic mass is 10.0. The van der Waals surface area contributed by atoms with E-state index in [1.54, 1.807) is 29.8 Å². The summed E-state index contributed by atoms with van der Waals surface area (Å²) in [5.41, 5.74) is 8.75. The Labute approximate surface area is 245 Å². The van der Waals surface area contributed by atoms with Crippen LogP contribution in [-0.4, -0.2) is 104 Å². The number of pyridine rings is 1. The van der Waals surface area contributed by atoms with Gasteiger partial charge < -0.3 is 34.5 Å². The lowest BCUT2D eigenvalue weighted by Gasteiger charge is -2.31. The van der Waals surface area contributed by atoms with E-state index >= 15 is 0 Å². The van der Waals surface area contributed by atoms with Gasteiger partial charge in [0.05, 0.1) is 77.6 Å². The molecule has 1 aliphatic rings. The van der Waals surface area contributed by atoms with E-state index in [4.69, 9.17) is 29.4 Å². The highest BCUT2D eigenvalue weighted by atomic mass is 32.2. The van der Waals surface area contributed by atoms with Gasteiger partial charge in [0.25, 0.3) is 0 Å². The summed E-state index contributed by atoms with van der Waals surface area (Å²) in [5.74, 6) is -0.119. The SMILES string of the molecule is COc1cccc(SN2CCC(OCCOCCOCCOCCN)CC2)c1-c1ccn2ncc(CC(=O)O)c2c1. The molecule has 11 nitrogen and oxygen atoms in total. The minimum atomic E-state index is -0.885. The van der Waals surface area contributed by atoms with E-state index in [2.05, 4.69) is 15.5 Å². The molecule has 0 unspecified atom stereocenters. The van der Waals surface area contributed by atoms with Gasteiger partial charge in [-0.1, -0.05) is 6.07 Å². The van der Waals surface area contributed by atoms with Crippen molar-refractivity contribution >= 4 is 23.4 Å². The summed E-state index contributed by atoms with van der Waals surface area (Å²) >= 11 is 1.71. The van der Waals surface area contributed by atoms with Gasteiger partial charge in [0, 0.05) is 41.9 Å². The second-order valence-electron chi connectivity index (χ2n) is 9.54. The number of piperidine rings is 1. The van der Waals surface area contributed by atoms with Crippen LogP contribution in [-0.2, 0) is 30.2 Å². The summed E-state index contributed by atoms with van der Waals surface area (Å²) < 4.78 is 32.2. The summed E-state index contributed by atoms with van der Waals surface area (Å²) in [6, 6.07) is 10.0. The van der Waals surface area contributed by atoms with Gasteiger partial charge in [-0.25, -0.2) is 8.82 Å². The van der Waals surface area contributed by atoms with Crippen molar-refractivity contribution in [1.82, 2.24) is 13.9 Å². The number of ether oxygens (including phenoxy) is 5. The van der Waals surface area contributed by atoms with Gasteiger partial charge in [0.2, 0.25) is 0 Å². The number of hydrogen-bond acceptors (Lipinski definition) is 10. The van der Waals surface area contributed by atoms with Crippen molar-refractivity contribution in [3.8, 4) is 16.9 Å². The average molecular weight is 589 g/mol. The standard InChI is InChI=1S/C29H40N4O7S/c1-36-26-3-2-4-27(29(26)22-5-11-33-25(19-22)23(21-31-33)20-28(34)35)41-32-9-6-24(7-10-32)40-18-17-39-16-15-38-14-13-37-12-8-30/h2-5,11,19,21,24H,6-10,12-18,20,30H2,1H3,(H,34,35). The van der Waals surface area contributed by atoms with Gasteiger partial charge in [-0.3, -0.25) is 4.79 Å². The number of aliphatic carboxylic acids is 1. The van der Waals surface area contributed by atoms with Crippen LogP contribution in [0.15, 0.2) is 47.6 Å². The van der Waals surface area contributed by atoms with Crippen LogP contribution in [0.2, 0.25) is 0 Å². The zero-order valence-electron chi connectivity index (χ0n) is 23.5. The van der Waals surface area contributed by atoms with Crippen molar-refractivity contribution in [3.63, 3.8) is 0 Å². The molecule has 1 aliphatic heterocycles. The fraction of sp³-hybridized carbons (Fsp3) is 0.517. The second-order valence-corrected chi connectivity index (χ2v) is 10.7. The quantitative estimate of drug-likeness (QED) is 0.168. The zero-order chi connectivity index (χ0) is 28.9. The van der Waals surface area contributed by atoms with Gasteiger partial charge in [-0.15, -0.1) is 0 Å². The summed E-state index contributed by atoms with van der Waals surface area (Å²) in [5, 5.41) is 13.6. The van der Waals surface area contributed by atoms with E-state index in [9.17, 15) is 9.90 Å². The Morgan fingerprint density at radius 3 is 2.44 bits per heavy atom. The van der Waals surface area contributed by atoms with Crippen molar-refractivity contribution in [2.75, 3.05) is 73.0 Å². The molecule has 0 amide bonds. The molecular formula is C29H40N4O7S. The number of carbonyl (C=O) groups is 1. The van der Waals surface area contributed by atoms with E-state index in [-0.39, 0.29) is 12.5 Å². The largest absolute Gasteiger partial charge is 0.496 e. The Morgan fingerprint density at radius 2 is 1.76 bits per heavy atom. The van der Waals surface area contributed by atoms with Gasteiger partial charge in [-0.05, 0) is 54.6 Å². The Kier molecular flexibility index (Phi) is 12.7. The fourth-order valence-corrected chi connectivity index (χ4v) is 5.78. The van der Waals surface area contributed by atoms with E-state index in [1.165, 1.54) is 0 Å². The summed E-state index contributed by atoms with van der Waals surface area (Å²) in [4.78, 5) is 12.4. The minimum absolute atomic E-state index is 0.0795. The second kappa shape index (κ2) is 16.7. The van der Waals surface area contributed by atoms with E-state index in [1.807, 2.05) is 30.5 Å². The molecule has 2 aromatic heterocycles. The minimum Gasteiger partial charge on any atom is -0.496 e. The summed E-state index contributed by atoms with van der Waals surface area (Å²) in [7, 11) is 1.67. The third-order valence-electron chi connectivity index (χ3n) is 6.66. The van der Waals surface area contributed by atoms with Gasteiger partial charge in [-0.2, -0.15) is 5.10 Å². The molecule has 41 heavy (non-hydrogen) atoms. The molecular weight excluding hydrogens is 548 g/mol. The molecule has 12 heteroatoms. The monoisotopic (exact) mass is 588 g/mol. The molecule has 0 radical (unpaired) electrons. The molecule has 0 saturated carbocycles. The number of carboxylic acids is 1. The van der Waals surface area contributed by atoms with Gasteiger partial charge in [0.15, 0.2) is 0 Å². The van der Waals surface area contributed by atoms with Crippen molar-refractivity contribution in [2.45, 2.75) is 30.3 Å². The molecule has 1 saturated heterocycles. The first kappa shape index (κ1) is 31.2. The Morgan fingerprint density at radius 1 is 1.05 bits per heavy atom. The Bertz CT molecular complexity index is 1230. The van der Waals surface area contributed by atoms with Gasteiger partial charge >= 0.3 is 5.97 Å². The van der Waals surface area contributed by atoms with Crippen LogP contribution in [0.5, 0.6) is 5.75 Å².